The molecule has 92 heavy (non-hydrogen) atoms. The number of carbonyl (C=O) groups is 2. The maximum atomic E-state index is 12.9. The van der Waals surface area contributed by atoms with E-state index in [1.807, 2.05) is 21.1 Å². The van der Waals surface area contributed by atoms with E-state index in [0.717, 1.165) is 135 Å². The standard InChI is InChI=1S/C82H136NO8P/c1-6-8-10-12-14-16-18-20-22-24-26-28-30-32-34-35-36-37-38-39-40-41-42-43-44-45-46-47-49-51-53-55-57-59-61-63-65-67-69-71-73-75-82(85)91-80(79-90-92(86,87)89-77-76-83(3,4)5)78-88-81(84)74-72-70-68-66-64-62-60-58-56-54-52-50-48-33-31-29-27-25-23-21-19-17-15-13-11-9-7-2/h8-11,14-17,20-23,26-29,32,34,36-37,39-40,42-43,45-46,49,51,80H,6-7,12-13,18-19,24-25,30-31,33,35,38,41,44,47-48,50,52-79H2,1-5H3/b10-8-,11-9-,16-14-,17-15-,22-20-,23-21-,28-26-,29-27-,34-32-,37-36-,40-39-,43-42-,46-45-,51-49-. The van der Waals surface area contributed by atoms with Gasteiger partial charge >= 0.3 is 11.9 Å². The summed E-state index contributed by atoms with van der Waals surface area (Å²) in [4.78, 5) is 38.1. The van der Waals surface area contributed by atoms with Crippen molar-refractivity contribution in [1.29, 1.82) is 0 Å². The van der Waals surface area contributed by atoms with Gasteiger partial charge in [0.15, 0.2) is 6.10 Å². The van der Waals surface area contributed by atoms with Crippen LogP contribution in [0.5, 0.6) is 0 Å². The molecule has 0 aliphatic carbocycles. The molecule has 0 heterocycles. The SMILES string of the molecule is CC/C=C\C/C=C\C/C=C\C/C=C\C/C=C\C/C=C\C/C=C\C/C=C\C/C=C\C/C=C\CCCCCCCCCCCCC(=O)OC(COC(=O)CCCCCCCCCCCCCCCC/C=C\C/C=C\C/C=C\C/C=C\CC)COP(=O)([O-])OCC[N+](C)(C)C. The number of quaternary nitrogens is 1. The van der Waals surface area contributed by atoms with Gasteiger partial charge in [-0.05, 0) is 128 Å². The van der Waals surface area contributed by atoms with Crippen molar-refractivity contribution in [2.24, 2.45) is 0 Å². The normalized spacial score (nSPS) is 14.1. The van der Waals surface area contributed by atoms with E-state index in [0.29, 0.717) is 17.4 Å². The lowest BCUT2D eigenvalue weighted by Gasteiger charge is -2.28. The maximum Gasteiger partial charge on any atom is 0.306 e. The van der Waals surface area contributed by atoms with Gasteiger partial charge in [-0.1, -0.05) is 312 Å². The summed E-state index contributed by atoms with van der Waals surface area (Å²) < 4.78 is 34.3. The highest BCUT2D eigenvalue weighted by molar-refractivity contribution is 7.45. The predicted molar refractivity (Wildman–Crippen MR) is 396 cm³/mol. The molecule has 0 aliphatic heterocycles. The topological polar surface area (TPSA) is 111 Å². The Kier molecular flexibility index (Phi) is 67.1. The third kappa shape index (κ3) is 74.4. The summed E-state index contributed by atoms with van der Waals surface area (Å²) in [5.74, 6) is -0.843. The van der Waals surface area contributed by atoms with Gasteiger partial charge in [0.1, 0.15) is 19.8 Å². The first-order chi connectivity index (χ1) is 45.0. The number of esters is 2. The number of hydrogen-bond donors (Lipinski definition) is 0. The second-order valence-electron chi connectivity index (χ2n) is 25.2. The number of rotatable bonds is 66. The number of allylic oxidation sites excluding steroid dienone is 28. The van der Waals surface area contributed by atoms with Crippen LogP contribution in [0.3, 0.4) is 0 Å². The quantitative estimate of drug-likeness (QED) is 0.0195. The predicted octanol–water partition coefficient (Wildman–Crippen LogP) is 23.9. The van der Waals surface area contributed by atoms with Crippen LogP contribution in [0.15, 0.2) is 170 Å². The van der Waals surface area contributed by atoms with Gasteiger partial charge in [-0.25, -0.2) is 0 Å². The second kappa shape index (κ2) is 70.7. The molecule has 0 aliphatic rings. The first kappa shape index (κ1) is 87.4. The number of carbonyl (C=O) groups excluding carboxylic acids is 2. The molecule has 0 spiro atoms. The number of nitrogens with zero attached hydrogens (tertiary/aromatic N) is 1. The second-order valence-corrected chi connectivity index (χ2v) is 26.6. The van der Waals surface area contributed by atoms with Crippen LogP contribution in [0.2, 0.25) is 0 Å². The largest absolute Gasteiger partial charge is 0.756 e. The van der Waals surface area contributed by atoms with Crippen LogP contribution in [-0.2, 0) is 32.7 Å². The van der Waals surface area contributed by atoms with Gasteiger partial charge in [0.2, 0.25) is 0 Å². The Bertz CT molecular complexity index is 2160. The summed E-state index contributed by atoms with van der Waals surface area (Å²) in [5.41, 5.74) is 0. The highest BCUT2D eigenvalue weighted by Crippen LogP contribution is 2.38. The fourth-order valence-electron chi connectivity index (χ4n) is 9.68. The Morgan fingerprint density at radius 2 is 0.587 bits per heavy atom. The molecule has 522 valence electrons. The molecule has 2 unspecified atom stereocenters. The van der Waals surface area contributed by atoms with Crippen molar-refractivity contribution in [3.63, 3.8) is 0 Å². The average Bonchev–Trinajstić information content (AvgIpc) is 2.23. The van der Waals surface area contributed by atoms with E-state index < -0.39 is 26.5 Å². The van der Waals surface area contributed by atoms with Gasteiger partial charge in [-0.2, -0.15) is 0 Å². The van der Waals surface area contributed by atoms with E-state index in [4.69, 9.17) is 18.5 Å². The van der Waals surface area contributed by atoms with Gasteiger partial charge in [0.25, 0.3) is 7.82 Å². The molecular weight excluding hydrogens is 1160 g/mol. The molecule has 0 saturated carbocycles. The molecule has 9 nitrogen and oxygen atoms in total. The minimum Gasteiger partial charge on any atom is -0.756 e. The Morgan fingerprint density at radius 1 is 0.337 bits per heavy atom. The smallest absolute Gasteiger partial charge is 0.306 e. The third-order valence-corrected chi connectivity index (χ3v) is 16.2. The first-order valence-electron chi connectivity index (χ1n) is 36.8. The van der Waals surface area contributed by atoms with E-state index in [-0.39, 0.29) is 32.0 Å². The van der Waals surface area contributed by atoms with Crippen LogP contribution in [0.4, 0.5) is 0 Å². The zero-order valence-electron chi connectivity index (χ0n) is 59.4. The Hall–Kier alpha value is -4.63. The van der Waals surface area contributed by atoms with Gasteiger partial charge in [0.05, 0.1) is 27.7 Å². The molecule has 0 aromatic rings. The van der Waals surface area contributed by atoms with Crippen LogP contribution in [-0.4, -0.2) is 70.0 Å². The molecule has 0 amide bonds. The van der Waals surface area contributed by atoms with Crippen molar-refractivity contribution >= 4 is 19.8 Å². The highest BCUT2D eigenvalue weighted by atomic mass is 31.2. The van der Waals surface area contributed by atoms with Crippen LogP contribution >= 0.6 is 7.82 Å². The summed E-state index contributed by atoms with van der Waals surface area (Å²) in [7, 11) is 1.15. The molecular formula is C82H136NO8P. The lowest BCUT2D eigenvalue weighted by molar-refractivity contribution is -0.870. The zero-order valence-corrected chi connectivity index (χ0v) is 60.3. The number of phosphoric ester groups is 1. The molecule has 0 fully saturated rings. The van der Waals surface area contributed by atoms with Gasteiger partial charge < -0.3 is 27.9 Å². The van der Waals surface area contributed by atoms with E-state index in [1.54, 1.807) is 0 Å². The fraction of sp³-hybridized carbons (Fsp3) is 0.634. The summed E-state index contributed by atoms with van der Waals surface area (Å²) in [5, 5.41) is 0. The van der Waals surface area contributed by atoms with Gasteiger partial charge in [-0.3, -0.25) is 14.2 Å². The van der Waals surface area contributed by atoms with Crippen molar-refractivity contribution in [2.45, 2.75) is 290 Å². The minimum atomic E-state index is -4.66. The molecule has 2 atom stereocenters. The van der Waals surface area contributed by atoms with E-state index in [1.165, 1.54) is 116 Å². The lowest BCUT2D eigenvalue weighted by Crippen LogP contribution is -2.37. The number of phosphoric acid groups is 1. The lowest BCUT2D eigenvalue weighted by atomic mass is 10.0. The van der Waals surface area contributed by atoms with Crippen molar-refractivity contribution < 1.29 is 42.1 Å². The van der Waals surface area contributed by atoms with Crippen LogP contribution in [0.1, 0.15) is 284 Å². The number of ether oxygens (including phenoxy) is 2. The summed E-state index contributed by atoms with van der Waals surface area (Å²) >= 11 is 0. The Balaban J connectivity index is 4.08. The molecule has 0 saturated heterocycles. The molecule has 10 heteroatoms. The molecule has 0 aromatic heterocycles. The maximum absolute atomic E-state index is 12.9. The van der Waals surface area contributed by atoms with Gasteiger partial charge in [-0.15, -0.1) is 0 Å². The molecule has 0 N–H and O–H groups in total. The van der Waals surface area contributed by atoms with Crippen molar-refractivity contribution in [1.82, 2.24) is 0 Å². The number of unbranched alkanes of at least 4 members (excludes halogenated alkanes) is 24. The minimum absolute atomic E-state index is 0.0389. The van der Waals surface area contributed by atoms with E-state index in [2.05, 4.69) is 184 Å². The van der Waals surface area contributed by atoms with Crippen LogP contribution in [0, 0.1) is 0 Å². The molecule has 0 radical (unpaired) electrons. The van der Waals surface area contributed by atoms with Gasteiger partial charge in [0, 0.05) is 12.8 Å². The molecule has 0 rings (SSSR count). The van der Waals surface area contributed by atoms with Crippen LogP contribution in [0.25, 0.3) is 0 Å². The average molecular weight is 1290 g/mol. The fourth-order valence-corrected chi connectivity index (χ4v) is 10.4. The van der Waals surface area contributed by atoms with E-state index >= 15 is 0 Å². The highest BCUT2D eigenvalue weighted by Gasteiger charge is 2.22. The van der Waals surface area contributed by atoms with Crippen LogP contribution < -0.4 is 4.89 Å². The zero-order chi connectivity index (χ0) is 66.9. The molecule has 0 bridgehead atoms. The van der Waals surface area contributed by atoms with Crippen molar-refractivity contribution in [2.75, 3.05) is 47.5 Å². The number of likely N-dealkylation sites (N-methyl/N-ethyl adjacent to an activating group) is 1. The van der Waals surface area contributed by atoms with Crippen molar-refractivity contribution in [3.8, 4) is 0 Å². The van der Waals surface area contributed by atoms with Crippen molar-refractivity contribution in [3.05, 3.63) is 170 Å². The Morgan fingerprint density at radius 3 is 0.870 bits per heavy atom. The summed E-state index contributed by atoms with van der Waals surface area (Å²) in [6.07, 6.45) is 107. The first-order valence-corrected chi connectivity index (χ1v) is 38.3. The monoisotopic (exact) mass is 1290 g/mol. The third-order valence-electron chi connectivity index (χ3n) is 15.2. The molecule has 0 aromatic carbocycles. The van der Waals surface area contributed by atoms with E-state index in [9.17, 15) is 19.0 Å². The Labute approximate surface area is 566 Å². The summed E-state index contributed by atoms with van der Waals surface area (Å²) in [6.45, 7) is 4.01. The summed E-state index contributed by atoms with van der Waals surface area (Å²) in [6, 6.07) is 0. The number of hydrogen-bond acceptors (Lipinski definition) is 8.